The fourth-order valence-corrected chi connectivity index (χ4v) is 3.37. The summed E-state index contributed by atoms with van der Waals surface area (Å²) in [7, 11) is 12.6. The molecule has 2 aliphatic rings. The van der Waals surface area contributed by atoms with Gasteiger partial charge < -0.3 is 0 Å². The van der Waals surface area contributed by atoms with Gasteiger partial charge in [0.25, 0.3) is 0 Å². The Morgan fingerprint density at radius 3 is 2.13 bits per heavy atom. The highest BCUT2D eigenvalue weighted by Gasteiger charge is 2.43. The van der Waals surface area contributed by atoms with Crippen LogP contribution in [0.3, 0.4) is 0 Å². The maximum Gasteiger partial charge on any atom is 0.0627 e. The summed E-state index contributed by atoms with van der Waals surface area (Å²) in [6.45, 7) is 6.46. The van der Waals surface area contributed by atoms with Crippen LogP contribution in [0.15, 0.2) is 0 Å². The molecule has 2 heteroatoms. The van der Waals surface area contributed by atoms with Crippen LogP contribution in [0.4, 0.5) is 0 Å². The quantitative estimate of drug-likeness (QED) is 0.599. The van der Waals surface area contributed by atoms with Crippen molar-refractivity contribution in [3.05, 3.63) is 0 Å². The second kappa shape index (κ2) is 3.57. The molecule has 0 saturated heterocycles. The lowest BCUT2D eigenvalue weighted by Gasteiger charge is -2.43. The molecule has 3 unspecified atom stereocenters. The van der Waals surface area contributed by atoms with Crippen LogP contribution < -0.4 is 0 Å². The van der Waals surface area contributed by atoms with Gasteiger partial charge in [-0.25, -0.2) is 0 Å². The molecule has 2 aliphatic carbocycles. The SMILES string of the molecule is [B]C([B])(CC1CC2CCC1C2)C(C)(C)C. The first kappa shape index (κ1) is 11.6. The summed E-state index contributed by atoms with van der Waals surface area (Å²) < 4.78 is 0. The Labute approximate surface area is 97.4 Å². The predicted octanol–water partition coefficient (Wildman–Crippen LogP) is 3.31. The van der Waals surface area contributed by atoms with Crippen molar-refractivity contribution in [2.24, 2.45) is 23.2 Å². The van der Waals surface area contributed by atoms with Gasteiger partial charge in [-0.1, -0.05) is 38.8 Å². The first-order valence-electron chi connectivity index (χ1n) is 6.37. The van der Waals surface area contributed by atoms with Gasteiger partial charge in [-0.15, -0.1) is 0 Å². The summed E-state index contributed by atoms with van der Waals surface area (Å²) in [6.07, 6.45) is 6.73. The second-order valence-electron chi connectivity index (χ2n) is 6.93. The fourth-order valence-electron chi connectivity index (χ4n) is 3.37. The van der Waals surface area contributed by atoms with Crippen molar-refractivity contribution in [1.29, 1.82) is 0 Å². The first-order valence-corrected chi connectivity index (χ1v) is 6.37. The summed E-state index contributed by atoms with van der Waals surface area (Å²) in [6, 6.07) is 0. The molecule has 0 amide bonds. The summed E-state index contributed by atoms with van der Waals surface area (Å²) in [4.78, 5) is 0. The van der Waals surface area contributed by atoms with Gasteiger partial charge in [0.05, 0.1) is 15.7 Å². The lowest BCUT2D eigenvalue weighted by Crippen LogP contribution is -2.33. The van der Waals surface area contributed by atoms with E-state index in [2.05, 4.69) is 20.8 Å². The monoisotopic (exact) mass is 200 g/mol. The maximum absolute atomic E-state index is 6.28. The highest BCUT2D eigenvalue weighted by Crippen LogP contribution is 2.55. The molecule has 2 saturated carbocycles. The zero-order valence-corrected chi connectivity index (χ0v) is 10.4. The molecule has 2 bridgehead atoms. The van der Waals surface area contributed by atoms with E-state index in [1.165, 1.54) is 25.7 Å². The zero-order chi connectivity index (χ0) is 11.3. The minimum absolute atomic E-state index is 0.00876. The van der Waals surface area contributed by atoms with Crippen LogP contribution in [0.1, 0.15) is 52.9 Å². The normalized spacial score (nSPS) is 36.1. The van der Waals surface area contributed by atoms with Crippen LogP contribution in [0.5, 0.6) is 0 Å². The zero-order valence-electron chi connectivity index (χ0n) is 10.4. The van der Waals surface area contributed by atoms with E-state index in [4.69, 9.17) is 15.7 Å². The van der Waals surface area contributed by atoms with Gasteiger partial charge >= 0.3 is 0 Å². The Morgan fingerprint density at radius 1 is 1.07 bits per heavy atom. The predicted molar refractivity (Wildman–Crippen MR) is 67.2 cm³/mol. The summed E-state index contributed by atoms with van der Waals surface area (Å²) in [5, 5.41) is -0.498. The van der Waals surface area contributed by atoms with Gasteiger partial charge in [0.2, 0.25) is 0 Å². The molecule has 15 heavy (non-hydrogen) atoms. The van der Waals surface area contributed by atoms with Gasteiger partial charge in [0.15, 0.2) is 0 Å². The molecule has 2 rings (SSSR count). The van der Waals surface area contributed by atoms with Crippen molar-refractivity contribution in [1.82, 2.24) is 0 Å². The van der Waals surface area contributed by atoms with Crippen LogP contribution in [-0.2, 0) is 0 Å². The minimum atomic E-state index is -0.498. The highest BCUT2D eigenvalue weighted by atomic mass is 14.5. The van der Waals surface area contributed by atoms with Crippen molar-refractivity contribution in [3.63, 3.8) is 0 Å². The maximum atomic E-state index is 6.28. The van der Waals surface area contributed by atoms with Crippen molar-refractivity contribution in [2.45, 2.75) is 58.1 Å². The van der Waals surface area contributed by atoms with Crippen LogP contribution in [0.2, 0.25) is 5.21 Å². The lowest BCUT2D eigenvalue weighted by atomic mass is 9.40. The van der Waals surface area contributed by atoms with Gasteiger partial charge in [-0.3, -0.25) is 0 Å². The Morgan fingerprint density at radius 2 is 1.73 bits per heavy atom. The number of hydrogen-bond acceptors (Lipinski definition) is 0. The molecule has 4 radical (unpaired) electrons. The van der Waals surface area contributed by atoms with E-state index in [-0.39, 0.29) is 5.41 Å². The Balaban J connectivity index is 1.97. The molecule has 80 valence electrons. The number of hydrogen-bond donors (Lipinski definition) is 0. The molecule has 0 aliphatic heterocycles. The Bertz CT molecular complexity index is 239. The van der Waals surface area contributed by atoms with E-state index in [1.807, 2.05) is 0 Å². The molecule has 0 aromatic heterocycles. The topological polar surface area (TPSA) is 0 Å². The van der Waals surface area contributed by atoms with Crippen molar-refractivity contribution >= 4 is 15.7 Å². The van der Waals surface area contributed by atoms with Crippen molar-refractivity contribution in [2.75, 3.05) is 0 Å². The van der Waals surface area contributed by atoms with Crippen LogP contribution >= 0.6 is 0 Å². The third-order valence-corrected chi connectivity index (χ3v) is 4.88. The average molecular weight is 200 g/mol. The molecule has 0 aromatic rings. The van der Waals surface area contributed by atoms with E-state index in [1.54, 1.807) is 0 Å². The third-order valence-electron chi connectivity index (χ3n) is 4.88. The van der Waals surface area contributed by atoms with Crippen LogP contribution in [0, 0.1) is 23.2 Å². The van der Waals surface area contributed by atoms with Crippen molar-refractivity contribution < 1.29 is 0 Å². The minimum Gasteiger partial charge on any atom is -0.0941 e. The van der Waals surface area contributed by atoms with Crippen LogP contribution in [0.25, 0.3) is 0 Å². The summed E-state index contributed by atoms with van der Waals surface area (Å²) in [5.41, 5.74) is 0.00876. The summed E-state index contributed by atoms with van der Waals surface area (Å²) in [5.74, 6) is 2.73. The fraction of sp³-hybridized carbons (Fsp3) is 1.00. The Kier molecular flexibility index (Phi) is 2.76. The highest BCUT2D eigenvalue weighted by molar-refractivity contribution is 6.40. The lowest BCUT2D eigenvalue weighted by molar-refractivity contribution is 0.237. The van der Waals surface area contributed by atoms with E-state index >= 15 is 0 Å². The van der Waals surface area contributed by atoms with E-state index in [0.29, 0.717) is 0 Å². The molecule has 2 fully saturated rings. The number of fused-ring (bicyclic) bond motifs is 2. The van der Waals surface area contributed by atoms with Gasteiger partial charge in [0.1, 0.15) is 0 Å². The molecular formula is C13H22B2. The molecule has 0 spiro atoms. The van der Waals surface area contributed by atoms with Gasteiger partial charge in [0, 0.05) is 0 Å². The summed E-state index contributed by atoms with van der Waals surface area (Å²) >= 11 is 0. The van der Waals surface area contributed by atoms with Crippen molar-refractivity contribution in [3.8, 4) is 0 Å². The Hall–Kier alpha value is 0.130. The van der Waals surface area contributed by atoms with E-state index in [0.717, 1.165) is 24.2 Å². The van der Waals surface area contributed by atoms with Crippen LogP contribution in [-0.4, -0.2) is 15.7 Å². The number of rotatable bonds is 2. The first-order chi connectivity index (χ1) is 6.79. The van der Waals surface area contributed by atoms with E-state index in [9.17, 15) is 0 Å². The molecule has 0 nitrogen and oxygen atoms in total. The molecular weight excluding hydrogens is 178 g/mol. The average Bonchev–Trinajstić information content (AvgIpc) is 2.61. The standard InChI is InChI=1S/C13H22B2/c1-12(2,3)13(14,15)8-11-7-9-4-5-10(11)6-9/h9-11H,4-8H2,1-3H3. The van der Waals surface area contributed by atoms with Gasteiger partial charge in [-0.2, -0.15) is 0 Å². The molecule has 3 atom stereocenters. The smallest absolute Gasteiger partial charge is 0.0627 e. The molecule has 0 N–H and O–H groups in total. The molecule has 0 aromatic carbocycles. The molecule has 0 heterocycles. The van der Waals surface area contributed by atoms with Gasteiger partial charge in [-0.05, 0) is 42.4 Å². The largest absolute Gasteiger partial charge is 0.0941 e. The second-order valence-corrected chi connectivity index (χ2v) is 6.93. The van der Waals surface area contributed by atoms with E-state index < -0.39 is 5.21 Å². The third kappa shape index (κ3) is 2.15.